The van der Waals surface area contributed by atoms with Crippen LogP contribution >= 0.6 is 0 Å². The molecule has 1 spiro atoms. The summed E-state index contributed by atoms with van der Waals surface area (Å²) >= 11 is 0. The van der Waals surface area contributed by atoms with Crippen molar-refractivity contribution in [2.75, 3.05) is 18.0 Å². The van der Waals surface area contributed by atoms with Crippen molar-refractivity contribution < 1.29 is 4.39 Å². The summed E-state index contributed by atoms with van der Waals surface area (Å²) in [5.41, 5.74) is 2.57. The minimum atomic E-state index is -0.134. The maximum Gasteiger partial charge on any atom is 0.123 e. The van der Waals surface area contributed by atoms with Crippen LogP contribution in [0.2, 0.25) is 0 Å². The number of hydrogen-bond acceptors (Lipinski definition) is 2. The van der Waals surface area contributed by atoms with Crippen LogP contribution in [0.4, 0.5) is 10.1 Å². The zero-order chi connectivity index (χ0) is 14.2. The molecule has 20 heavy (non-hydrogen) atoms. The molecule has 1 aliphatic heterocycles. The van der Waals surface area contributed by atoms with E-state index in [1.165, 1.54) is 31.4 Å². The number of benzene rings is 1. The quantitative estimate of drug-likeness (QED) is 0.887. The smallest absolute Gasteiger partial charge is 0.123 e. The van der Waals surface area contributed by atoms with E-state index in [9.17, 15) is 4.39 Å². The summed E-state index contributed by atoms with van der Waals surface area (Å²) in [5.74, 6) is -0.134. The molecule has 2 fully saturated rings. The average Bonchev–Trinajstić information content (AvgIpc) is 2.87. The molecule has 2 aliphatic rings. The molecule has 3 rings (SSSR count). The van der Waals surface area contributed by atoms with E-state index in [1.807, 2.05) is 13.0 Å². The largest absolute Gasteiger partial charge is 0.365 e. The van der Waals surface area contributed by atoms with Gasteiger partial charge in [-0.3, -0.25) is 0 Å². The van der Waals surface area contributed by atoms with E-state index in [0.717, 1.165) is 25.1 Å². The third-order valence-corrected chi connectivity index (χ3v) is 5.13. The fraction of sp³-hybridized carbons (Fsp3) is 0.647. The zero-order valence-corrected chi connectivity index (χ0v) is 12.6. The lowest BCUT2D eigenvalue weighted by Gasteiger charge is -2.48. The second kappa shape index (κ2) is 5.36. The number of halogens is 1. The fourth-order valence-corrected chi connectivity index (χ4v) is 3.93. The van der Waals surface area contributed by atoms with E-state index in [-0.39, 0.29) is 5.82 Å². The van der Waals surface area contributed by atoms with Gasteiger partial charge >= 0.3 is 0 Å². The first-order valence-corrected chi connectivity index (χ1v) is 7.91. The van der Waals surface area contributed by atoms with Gasteiger partial charge in [-0.1, -0.05) is 19.8 Å². The molecular formula is C17H25FN2. The molecule has 2 nitrogen and oxygen atoms in total. The Kier molecular flexibility index (Phi) is 3.72. The number of piperazine rings is 1. The minimum absolute atomic E-state index is 0.134. The normalized spacial score (nSPS) is 25.4. The third kappa shape index (κ3) is 2.44. The van der Waals surface area contributed by atoms with Crippen molar-refractivity contribution in [3.63, 3.8) is 0 Å². The van der Waals surface area contributed by atoms with E-state index < -0.39 is 0 Å². The van der Waals surface area contributed by atoms with Crippen molar-refractivity contribution in [3.05, 3.63) is 29.6 Å². The molecule has 1 atom stereocenters. The molecule has 0 radical (unpaired) electrons. The maximum absolute atomic E-state index is 13.4. The van der Waals surface area contributed by atoms with E-state index in [0.29, 0.717) is 11.6 Å². The predicted octanol–water partition coefficient (Wildman–Crippen LogP) is 3.64. The Labute approximate surface area is 121 Å². The summed E-state index contributed by atoms with van der Waals surface area (Å²) in [5, 5.41) is 3.81. The molecule has 110 valence electrons. The van der Waals surface area contributed by atoms with Crippen LogP contribution in [0.25, 0.3) is 0 Å². The standard InChI is InChI=1S/C17H25FN2/c1-3-15-11-19-17(8-4-5-9-17)12-20(15)16-7-6-14(18)10-13(16)2/h6-7,10,15,19H,3-5,8-9,11-12H2,1-2H3. The summed E-state index contributed by atoms with van der Waals surface area (Å²) in [4.78, 5) is 2.52. The number of hydrogen-bond donors (Lipinski definition) is 1. The first kappa shape index (κ1) is 13.9. The van der Waals surface area contributed by atoms with Gasteiger partial charge < -0.3 is 10.2 Å². The Morgan fingerprint density at radius 3 is 2.75 bits per heavy atom. The summed E-state index contributed by atoms with van der Waals surface area (Å²) in [7, 11) is 0. The Bertz CT molecular complexity index is 480. The molecule has 1 aliphatic carbocycles. The van der Waals surface area contributed by atoms with Gasteiger partial charge in [0.1, 0.15) is 5.82 Å². The summed E-state index contributed by atoms with van der Waals surface area (Å²) in [6, 6.07) is 5.73. The summed E-state index contributed by atoms with van der Waals surface area (Å²) in [6.07, 6.45) is 6.35. The number of rotatable bonds is 2. The van der Waals surface area contributed by atoms with Crippen LogP contribution in [0, 0.1) is 12.7 Å². The predicted molar refractivity (Wildman–Crippen MR) is 81.8 cm³/mol. The molecule has 3 heteroatoms. The highest BCUT2D eigenvalue weighted by atomic mass is 19.1. The third-order valence-electron chi connectivity index (χ3n) is 5.13. The molecule has 1 saturated carbocycles. The van der Waals surface area contributed by atoms with Crippen molar-refractivity contribution in [1.82, 2.24) is 5.32 Å². The Hall–Kier alpha value is -1.09. The molecule has 0 bridgehead atoms. The van der Waals surface area contributed by atoms with Crippen LogP contribution < -0.4 is 10.2 Å². The highest BCUT2D eigenvalue weighted by Gasteiger charge is 2.40. The van der Waals surface area contributed by atoms with E-state index >= 15 is 0 Å². The van der Waals surface area contributed by atoms with Crippen LogP contribution in [-0.4, -0.2) is 24.7 Å². The molecule has 1 saturated heterocycles. The lowest BCUT2D eigenvalue weighted by molar-refractivity contribution is 0.267. The molecule has 1 aromatic rings. The van der Waals surface area contributed by atoms with Gasteiger partial charge in [0.15, 0.2) is 0 Å². The molecular weight excluding hydrogens is 251 g/mol. The van der Waals surface area contributed by atoms with Crippen LogP contribution in [0.15, 0.2) is 18.2 Å². The minimum Gasteiger partial charge on any atom is -0.365 e. The maximum atomic E-state index is 13.4. The molecule has 1 unspecified atom stereocenters. The first-order valence-electron chi connectivity index (χ1n) is 7.91. The van der Waals surface area contributed by atoms with E-state index in [4.69, 9.17) is 0 Å². The second-order valence-corrected chi connectivity index (χ2v) is 6.49. The van der Waals surface area contributed by atoms with Crippen molar-refractivity contribution in [1.29, 1.82) is 0 Å². The Morgan fingerprint density at radius 1 is 1.35 bits per heavy atom. The van der Waals surface area contributed by atoms with Crippen LogP contribution in [-0.2, 0) is 0 Å². The van der Waals surface area contributed by atoms with Crippen LogP contribution in [0.1, 0.15) is 44.6 Å². The van der Waals surface area contributed by atoms with Crippen molar-refractivity contribution in [3.8, 4) is 0 Å². The average molecular weight is 276 g/mol. The number of anilines is 1. The lowest BCUT2D eigenvalue weighted by Crippen LogP contribution is -2.63. The van der Waals surface area contributed by atoms with Gasteiger partial charge in [0, 0.05) is 30.4 Å². The van der Waals surface area contributed by atoms with Gasteiger partial charge in [-0.05, 0) is 49.9 Å². The van der Waals surface area contributed by atoms with Gasteiger partial charge in [0.05, 0.1) is 0 Å². The Balaban J connectivity index is 1.90. The summed E-state index contributed by atoms with van der Waals surface area (Å²) < 4.78 is 13.4. The topological polar surface area (TPSA) is 15.3 Å². The fourth-order valence-electron chi connectivity index (χ4n) is 3.93. The van der Waals surface area contributed by atoms with Crippen molar-refractivity contribution >= 4 is 5.69 Å². The van der Waals surface area contributed by atoms with Crippen LogP contribution in [0.3, 0.4) is 0 Å². The molecule has 1 aromatic carbocycles. The van der Waals surface area contributed by atoms with E-state index in [1.54, 1.807) is 12.1 Å². The first-order chi connectivity index (χ1) is 9.63. The molecule has 0 amide bonds. The van der Waals surface area contributed by atoms with Gasteiger partial charge in [-0.15, -0.1) is 0 Å². The van der Waals surface area contributed by atoms with Gasteiger partial charge in [-0.25, -0.2) is 4.39 Å². The molecule has 0 aromatic heterocycles. The Morgan fingerprint density at radius 2 is 2.10 bits per heavy atom. The van der Waals surface area contributed by atoms with E-state index in [2.05, 4.69) is 17.1 Å². The van der Waals surface area contributed by atoms with Crippen molar-refractivity contribution in [2.24, 2.45) is 0 Å². The number of nitrogens with one attached hydrogen (secondary N) is 1. The van der Waals surface area contributed by atoms with Crippen molar-refractivity contribution in [2.45, 2.75) is 57.5 Å². The molecule has 1 heterocycles. The van der Waals surface area contributed by atoms with Crippen LogP contribution in [0.5, 0.6) is 0 Å². The zero-order valence-electron chi connectivity index (χ0n) is 12.6. The van der Waals surface area contributed by atoms with Gasteiger partial charge in [-0.2, -0.15) is 0 Å². The monoisotopic (exact) mass is 276 g/mol. The van der Waals surface area contributed by atoms with Gasteiger partial charge in [0.2, 0.25) is 0 Å². The number of nitrogens with zero attached hydrogens (tertiary/aromatic N) is 1. The molecule has 1 N–H and O–H groups in total. The number of aryl methyl sites for hydroxylation is 1. The second-order valence-electron chi connectivity index (χ2n) is 6.49. The SMILES string of the molecule is CCC1CNC2(CCCC2)CN1c1ccc(F)cc1C. The lowest BCUT2D eigenvalue weighted by atomic mass is 9.91. The summed E-state index contributed by atoms with van der Waals surface area (Å²) in [6.45, 7) is 6.38. The van der Waals surface area contributed by atoms with Gasteiger partial charge in [0.25, 0.3) is 0 Å². The highest BCUT2D eigenvalue weighted by molar-refractivity contribution is 5.55. The highest BCUT2D eigenvalue weighted by Crippen LogP contribution is 2.36.